The van der Waals surface area contributed by atoms with Gasteiger partial charge in [-0.1, -0.05) is 0 Å². The van der Waals surface area contributed by atoms with Crippen molar-refractivity contribution in [2.75, 3.05) is 23.8 Å². The molecule has 1 fully saturated rings. The molecule has 1 aromatic rings. The first-order chi connectivity index (χ1) is 8.08. The van der Waals surface area contributed by atoms with E-state index in [4.69, 9.17) is 5.73 Å². The predicted molar refractivity (Wildman–Crippen MR) is 71.2 cm³/mol. The number of amides is 1. The van der Waals surface area contributed by atoms with Gasteiger partial charge < -0.3 is 10.6 Å². The maximum absolute atomic E-state index is 12.3. The van der Waals surface area contributed by atoms with Crippen LogP contribution in [-0.2, 0) is 0 Å². The van der Waals surface area contributed by atoms with E-state index in [0.29, 0.717) is 11.4 Å². The topological polar surface area (TPSA) is 59.2 Å². The van der Waals surface area contributed by atoms with E-state index in [0.717, 1.165) is 23.7 Å². The van der Waals surface area contributed by atoms with Gasteiger partial charge in [-0.05, 0) is 26.0 Å². The number of carbonyl (C=O) groups is 1. The number of nitrogens with zero attached hydrogens (tertiary/aromatic N) is 2. The number of rotatable bonds is 1. The van der Waals surface area contributed by atoms with Gasteiger partial charge in [0.15, 0.2) is 0 Å². The molecule has 1 unspecified atom stereocenters. The van der Waals surface area contributed by atoms with Crippen molar-refractivity contribution in [1.82, 2.24) is 9.88 Å². The fraction of sp³-hybridized carbons (Fsp3) is 0.500. The van der Waals surface area contributed by atoms with Gasteiger partial charge in [0.1, 0.15) is 5.82 Å². The van der Waals surface area contributed by atoms with Gasteiger partial charge in [-0.25, -0.2) is 4.98 Å². The van der Waals surface area contributed by atoms with Gasteiger partial charge in [-0.3, -0.25) is 4.79 Å². The van der Waals surface area contributed by atoms with Crippen molar-refractivity contribution in [3.05, 3.63) is 23.4 Å². The van der Waals surface area contributed by atoms with Crippen LogP contribution >= 0.6 is 11.8 Å². The number of nitrogens with two attached hydrogens (primary N) is 1. The van der Waals surface area contributed by atoms with Gasteiger partial charge in [0.2, 0.25) is 0 Å². The lowest BCUT2D eigenvalue weighted by atomic mass is 10.1. The number of nitrogen functional groups attached to an aromatic ring is 1. The fourth-order valence-corrected chi connectivity index (χ4v) is 3.03. The van der Waals surface area contributed by atoms with Crippen LogP contribution in [0.5, 0.6) is 0 Å². The standard InChI is InChI=1S/C12H17N3OS/c1-8-5-10(6-11(13)14-8)12(16)15-3-4-17-7-9(15)2/h5-6,9H,3-4,7H2,1-2H3,(H2,13,14). The molecule has 1 amide bonds. The normalized spacial score (nSPS) is 20.4. The monoisotopic (exact) mass is 251 g/mol. The number of aromatic nitrogens is 1. The average molecular weight is 251 g/mol. The molecular weight excluding hydrogens is 234 g/mol. The molecule has 5 heteroatoms. The van der Waals surface area contributed by atoms with Crippen LogP contribution in [0.2, 0.25) is 0 Å². The van der Waals surface area contributed by atoms with Crippen molar-refractivity contribution < 1.29 is 4.79 Å². The molecule has 1 aromatic heterocycles. The van der Waals surface area contributed by atoms with E-state index >= 15 is 0 Å². The Morgan fingerprint density at radius 2 is 2.35 bits per heavy atom. The smallest absolute Gasteiger partial charge is 0.254 e. The third kappa shape index (κ3) is 2.72. The Balaban J connectivity index is 2.23. The number of pyridine rings is 1. The Kier molecular flexibility index (Phi) is 3.57. The molecule has 4 nitrogen and oxygen atoms in total. The third-order valence-corrected chi connectivity index (χ3v) is 4.04. The maximum Gasteiger partial charge on any atom is 0.254 e. The first kappa shape index (κ1) is 12.2. The zero-order valence-corrected chi connectivity index (χ0v) is 11.0. The Morgan fingerprint density at radius 3 is 3.00 bits per heavy atom. The minimum atomic E-state index is 0.0648. The molecule has 0 spiro atoms. The van der Waals surface area contributed by atoms with Crippen molar-refractivity contribution in [3.63, 3.8) is 0 Å². The molecule has 0 aromatic carbocycles. The van der Waals surface area contributed by atoms with E-state index in [9.17, 15) is 4.79 Å². The highest BCUT2D eigenvalue weighted by molar-refractivity contribution is 7.99. The predicted octanol–water partition coefficient (Wildman–Crippen LogP) is 1.55. The SMILES string of the molecule is Cc1cc(C(=O)N2CCSCC2C)cc(N)n1. The molecule has 2 N–H and O–H groups in total. The van der Waals surface area contributed by atoms with Gasteiger partial charge in [0.25, 0.3) is 5.91 Å². The maximum atomic E-state index is 12.3. The molecule has 0 bridgehead atoms. The molecule has 2 rings (SSSR count). The van der Waals surface area contributed by atoms with Gasteiger partial charge in [-0.2, -0.15) is 11.8 Å². The van der Waals surface area contributed by atoms with E-state index in [1.54, 1.807) is 12.1 Å². The summed E-state index contributed by atoms with van der Waals surface area (Å²) < 4.78 is 0. The van der Waals surface area contributed by atoms with Crippen molar-refractivity contribution in [2.45, 2.75) is 19.9 Å². The summed E-state index contributed by atoms with van der Waals surface area (Å²) in [5.74, 6) is 2.49. The van der Waals surface area contributed by atoms with Gasteiger partial charge in [0.05, 0.1) is 0 Å². The molecule has 0 radical (unpaired) electrons. The summed E-state index contributed by atoms with van der Waals surface area (Å²) in [6.45, 7) is 4.75. The van der Waals surface area contributed by atoms with Gasteiger partial charge >= 0.3 is 0 Å². The minimum Gasteiger partial charge on any atom is -0.384 e. The summed E-state index contributed by atoms with van der Waals surface area (Å²) >= 11 is 1.89. The van der Waals surface area contributed by atoms with Gasteiger partial charge in [-0.15, -0.1) is 0 Å². The molecule has 1 saturated heterocycles. The Bertz CT molecular complexity index is 416. The van der Waals surface area contributed by atoms with Crippen LogP contribution in [0, 0.1) is 6.92 Å². The highest BCUT2D eigenvalue weighted by atomic mass is 32.2. The summed E-state index contributed by atoms with van der Waals surface area (Å²) in [6, 6.07) is 3.74. The lowest BCUT2D eigenvalue weighted by molar-refractivity contribution is 0.0716. The van der Waals surface area contributed by atoms with Gasteiger partial charge in [0, 0.05) is 35.3 Å². The summed E-state index contributed by atoms with van der Waals surface area (Å²) in [5.41, 5.74) is 7.11. The second-order valence-corrected chi connectivity index (χ2v) is 5.49. The zero-order valence-electron chi connectivity index (χ0n) is 10.1. The third-order valence-electron chi connectivity index (χ3n) is 2.85. The Labute approximate surface area is 106 Å². The quantitative estimate of drug-likeness (QED) is 0.822. The van der Waals surface area contributed by atoms with Crippen LogP contribution in [0.1, 0.15) is 23.0 Å². The van der Waals surface area contributed by atoms with Crippen LogP contribution in [0.15, 0.2) is 12.1 Å². The molecule has 1 atom stereocenters. The number of anilines is 1. The lowest BCUT2D eigenvalue weighted by Crippen LogP contribution is -2.44. The molecule has 0 aliphatic carbocycles. The molecule has 17 heavy (non-hydrogen) atoms. The van der Waals surface area contributed by atoms with E-state index in [-0.39, 0.29) is 11.9 Å². The molecule has 2 heterocycles. The fourth-order valence-electron chi connectivity index (χ4n) is 2.01. The zero-order chi connectivity index (χ0) is 12.4. The highest BCUT2D eigenvalue weighted by Crippen LogP contribution is 2.19. The van der Waals surface area contributed by atoms with Crippen LogP contribution in [0.3, 0.4) is 0 Å². The number of thioether (sulfide) groups is 1. The molecule has 0 saturated carbocycles. The Hall–Kier alpha value is -1.23. The summed E-state index contributed by atoms with van der Waals surface area (Å²) in [5, 5.41) is 0. The summed E-state index contributed by atoms with van der Waals surface area (Å²) in [4.78, 5) is 18.4. The van der Waals surface area contributed by atoms with Crippen LogP contribution in [-0.4, -0.2) is 39.9 Å². The lowest BCUT2D eigenvalue weighted by Gasteiger charge is -2.33. The molecule has 92 valence electrons. The second kappa shape index (κ2) is 4.96. The Morgan fingerprint density at radius 1 is 1.59 bits per heavy atom. The second-order valence-electron chi connectivity index (χ2n) is 4.34. The van der Waals surface area contributed by atoms with Crippen LogP contribution in [0.25, 0.3) is 0 Å². The van der Waals surface area contributed by atoms with Crippen LogP contribution < -0.4 is 5.73 Å². The number of carbonyl (C=O) groups excluding carboxylic acids is 1. The number of hydrogen-bond donors (Lipinski definition) is 1. The van der Waals surface area contributed by atoms with Crippen molar-refractivity contribution in [2.24, 2.45) is 0 Å². The first-order valence-electron chi connectivity index (χ1n) is 5.71. The van der Waals surface area contributed by atoms with Crippen molar-refractivity contribution in [1.29, 1.82) is 0 Å². The molecule has 1 aliphatic heterocycles. The average Bonchev–Trinajstić information content (AvgIpc) is 2.27. The summed E-state index contributed by atoms with van der Waals surface area (Å²) in [7, 11) is 0. The van der Waals surface area contributed by atoms with E-state index < -0.39 is 0 Å². The molecular formula is C12H17N3OS. The highest BCUT2D eigenvalue weighted by Gasteiger charge is 2.24. The minimum absolute atomic E-state index is 0.0648. The number of aryl methyl sites for hydroxylation is 1. The van der Waals surface area contributed by atoms with Crippen LogP contribution in [0.4, 0.5) is 5.82 Å². The van der Waals surface area contributed by atoms with Crippen molar-refractivity contribution in [3.8, 4) is 0 Å². The largest absolute Gasteiger partial charge is 0.384 e. The first-order valence-corrected chi connectivity index (χ1v) is 6.86. The van der Waals surface area contributed by atoms with E-state index in [1.165, 1.54) is 0 Å². The van der Waals surface area contributed by atoms with E-state index in [1.807, 2.05) is 23.6 Å². The van der Waals surface area contributed by atoms with Crippen molar-refractivity contribution >= 4 is 23.5 Å². The van der Waals surface area contributed by atoms with E-state index in [2.05, 4.69) is 11.9 Å². The molecule has 1 aliphatic rings. The number of hydrogen-bond acceptors (Lipinski definition) is 4. The summed E-state index contributed by atoms with van der Waals surface area (Å²) in [6.07, 6.45) is 0.